The molecular formula is C22H28N2O4. The van der Waals surface area contributed by atoms with E-state index in [2.05, 4.69) is 19.2 Å². The largest absolute Gasteiger partial charge is 0.481 e. The maximum atomic E-state index is 12.4. The Morgan fingerprint density at radius 1 is 1.04 bits per heavy atom. The van der Waals surface area contributed by atoms with Gasteiger partial charge < -0.3 is 10.1 Å². The minimum absolute atomic E-state index is 0.265. The van der Waals surface area contributed by atoms with Crippen LogP contribution in [0.3, 0.4) is 0 Å². The summed E-state index contributed by atoms with van der Waals surface area (Å²) in [5.41, 5.74) is 3.45. The second kappa shape index (κ2) is 9.37. The summed E-state index contributed by atoms with van der Waals surface area (Å²) in [5, 5.41) is 3.93. The Labute approximate surface area is 166 Å². The average molecular weight is 384 g/mol. The van der Waals surface area contributed by atoms with Gasteiger partial charge in [-0.15, -0.1) is 0 Å². The summed E-state index contributed by atoms with van der Waals surface area (Å²) in [5.74, 6) is 0.567. The van der Waals surface area contributed by atoms with Crippen LogP contribution >= 0.6 is 0 Å². The van der Waals surface area contributed by atoms with Gasteiger partial charge in [0.2, 0.25) is 0 Å². The van der Waals surface area contributed by atoms with E-state index in [9.17, 15) is 9.59 Å². The molecule has 0 fully saturated rings. The van der Waals surface area contributed by atoms with Crippen molar-refractivity contribution in [2.45, 2.75) is 39.7 Å². The van der Waals surface area contributed by atoms with Gasteiger partial charge in [-0.05, 0) is 67.3 Å². The number of ether oxygens (including phenoxy) is 1. The van der Waals surface area contributed by atoms with Gasteiger partial charge >= 0.3 is 0 Å². The SMILES string of the molecule is CON(C)C(=O)c1ccc(NC(=O)C(C)Oc2ccc(C(C)C)c(C)c2)cc1. The maximum Gasteiger partial charge on any atom is 0.277 e. The van der Waals surface area contributed by atoms with Gasteiger partial charge in [-0.3, -0.25) is 14.4 Å². The Kier molecular flexibility index (Phi) is 7.18. The molecule has 0 heterocycles. The zero-order chi connectivity index (χ0) is 20.8. The van der Waals surface area contributed by atoms with Crippen molar-refractivity contribution in [1.29, 1.82) is 0 Å². The Bertz CT molecular complexity index is 831. The fourth-order valence-electron chi connectivity index (χ4n) is 2.83. The number of nitrogens with zero attached hydrogens (tertiary/aromatic N) is 1. The van der Waals surface area contributed by atoms with Crippen LogP contribution in [0.5, 0.6) is 5.75 Å². The summed E-state index contributed by atoms with van der Waals surface area (Å²) in [6.45, 7) is 8.03. The van der Waals surface area contributed by atoms with Crippen molar-refractivity contribution < 1.29 is 19.2 Å². The third-order valence-electron chi connectivity index (χ3n) is 4.50. The molecule has 2 rings (SSSR count). The van der Waals surface area contributed by atoms with Crippen molar-refractivity contribution in [2.75, 3.05) is 19.5 Å². The van der Waals surface area contributed by atoms with E-state index in [0.29, 0.717) is 22.9 Å². The number of rotatable bonds is 7. The second-order valence-electron chi connectivity index (χ2n) is 6.98. The summed E-state index contributed by atoms with van der Waals surface area (Å²) in [6, 6.07) is 12.5. The lowest BCUT2D eigenvalue weighted by molar-refractivity contribution is -0.122. The van der Waals surface area contributed by atoms with Gasteiger partial charge in [-0.25, -0.2) is 5.06 Å². The van der Waals surface area contributed by atoms with Gasteiger partial charge in [-0.1, -0.05) is 19.9 Å². The quantitative estimate of drug-likeness (QED) is 0.728. The zero-order valence-electron chi connectivity index (χ0n) is 17.3. The van der Waals surface area contributed by atoms with E-state index < -0.39 is 6.10 Å². The lowest BCUT2D eigenvalue weighted by Crippen LogP contribution is -2.30. The number of carbonyl (C=O) groups excluding carboxylic acids is 2. The summed E-state index contributed by atoms with van der Waals surface area (Å²) in [4.78, 5) is 29.3. The van der Waals surface area contributed by atoms with Crippen LogP contribution in [0, 0.1) is 6.92 Å². The molecule has 0 bridgehead atoms. The Hall–Kier alpha value is -2.86. The van der Waals surface area contributed by atoms with Gasteiger partial charge in [0.15, 0.2) is 6.10 Å². The van der Waals surface area contributed by atoms with Crippen LogP contribution in [0.1, 0.15) is 48.2 Å². The van der Waals surface area contributed by atoms with E-state index in [4.69, 9.17) is 9.57 Å². The monoisotopic (exact) mass is 384 g/mol. The number of carbonyl (C=O) groups is 2. The van der Waals surface area contributed by atoms with E-state index >= 15 is 0 Å². The molecule has 0 saturated carbocycles. The summed E-state index contributed by atoms with van der Waals surface area (Å²) in [7, 11) is 2.96. The lowest BCUT2D eigenvalue weighted by Gasteiger charge is -2.17. The van der Waals surface area contributed by atoms with Crippen LogP contribution in [0.25, 0.3) is 0 Å². The predicted octanol–water partition coefficient (Wildman–Crippen LogP) is 4.16. The molecule has 2 amide bonds. The van der Waals surface area contributed by atoms with E-state index in [1.54, 1.807) is 31.2 Å². The number of hydroxylamine groups is 2. The molecule has 0 aliphatic rings. The van der Waals surface area contributed by atoms with Gasteiger partial charge in [0.1, 0.15) is 5.75 Å². The first kappa shape index (κ1) is 21.4. The molecule has 0 aliphatic heterocycles. The van der Waals surface area contributed by atoms with E-state index in [-0.39, 0.29) is 11.8 Å². The molecule has 0 aliphatic carbocycles. The van der Waals surface area contributed by atoms with E-state index in [1.165, 1.54) is 19.7 Å². The fourth-order valence-corrected chi connectivity index (χ4v) is 2.83. The zero-order valence-corrected chi connectivity index (χ0v) is 17.3. The minimum atomic E-state index is -0.662. The highest BCUT2D eigenvalue weighted by Gasteiger charge is 2.16. The third kappa shape index (κ3) is 5.33. The maximum absolute atomic E-state index is 12.4. The number of amides is 2. The molecule has 0 radical (unpaired) electrons. The summed E-state index contributed by atoms with van der Waals surface area (Å²) < 4.78 is 5.78. The molecule has 2 aromatic rings. The van der Waals surface area contributed by atoms with Gasteiger partial charge in [-0.2, -0.15) is 0 Å². The number of nitrogens with one attached hydrogen (secondary N) is 1. The van der Waals surface area contributed by atoms with Crippen molar-refractivity contribution in [3.05, 3.63) is 59.2 Å². The van der Waals surface area contributed by atoms with Crippen molar-refractivity contribution in [3.63, 3.8) is 0 Å². The van der Waals surface area contributed by atoms with E-state index in [1.807, 2.05) is 25.1 Å². The van der Waals surface area contributed by atoms with Crippen LogP contribution in [-0.4, -0.2) is 37.1 Å². The van der Waals surface area contributed by atoms with Crippen molar-refractivity contribution in [2.24, 2.45) is 0 Å². The average Bonchev–Trinajstić information content (AvgIpc) is 2.67. The molecule has 2 aromatic carbocycles. The topological polar surface area (TPSA) is 67.9 Å². The predicted molar refractivity (Wildman–Crippen MR) is 110 cm³/mol. The van der Waals surface area contributed by atoms with Crippen LogP contribution in [0.4, 0.5) is 5.69 Å². The Morgan fingerprint density at radius 3 is 2.21 bits per heavy atom. The van der Waals surface area contributed by atoms with Crippen LogP contribution < -0.4 is 10.1 Å². The molecule has 0 aromatic heterocycles. The van der Waals surface area contributed by atoms with Crippen LogP contribution in [-0.2, 0) is 9.63 Å². The standard InChI is InChI=1S/C22H28N2O4/c1-14(2)20-12-11-19(13-15(20)3)28-16(4)21(25)23-18-9-7-17(8-10-18)22(26)24(5)27-6/h7-14,16H,1-6H3,(H,23,25). The molecule has 1 unspecified atom stereocenters. The molecule has 6 nitrogen and oxygen atoms in total. The summed E-state index contributed by atoms with van der Waals surface area (Å²) >= 11 is 0. The highest BCUT2D eigenvalue weighted by Crippen LogP contribution is 2.24. The van der Waals surface area contributed by atoms with Gasteiger partial charge in [0, 0.05) is 18.3 Å². The van der Waals surface area contributed by atoms with Crippen LogP contribution in [0.15, 0.2) is 42.5 Å². The first-order chi connectivity index (χ1) is 13.2. The Morgan fingerprint density at radius 2 is 1.68 bits per heavy atom. The lowest BCUT2D eigenvalue weighted by atomic mass is 9.98. The highest BCUT2D eigenvalue weighted by atomic mass is 16.7. The summed E-state index contributed by atoms with van der Waals surface area (Å²) in [6.07, 6.45) is -0.662. The number of anilines is 1. The minimum Gasteiger partial charge on any atom is -0.481 e. The number of hydrogen-bond acceptors (Lipinski definition) is 4. The molecule has 6 heteroatoms. The normalized spacial score (nSPS) is 11.8. The molecule has 28 heavy (non-hydrogen) atoms. The molecule has 0 saturated heterocycles. The Balaban J connectivity index is 1.99. The van der Waals surface area contributed by atoms with Crippen molar-refractivity contribution in [1.82, 2.24) is 5.06 Å². The number of benzene rings is 2. The number of aryl methyl sites for hydroxylation is 1. The number of hydrogen-bond donors (Lipinski definition) is 1. The fraction of sp³-hybridized carbons (Fsp3) is 0.364. The molecular weight excluding hydrogens is 356 g/mol. The molecule has 150 valence electrons. The van der Waals surface area contributed by atoms with E-state index in [0.717, 1.165) is 10.6 Å². The highest BCUT2D eigenvalue weighted by molar-refractivity contribution is 5.96. The van der Waals surface area contributed by atoms with Crippen molar-refractivity contribution >= 4 is 17.5 Å². The smallest absolute Gasteiger partial charge is 0.277 e. The first-order valence-electron chi connectivity index (χ1n) is 9.23. The van der Waals surface area contributed by atoms with Crippen molar-refractivity contribution in [3.8, 4) is 5.75 Å². The first-order valence-corrected chi connectivity index (χ1v) is 9.23. The van der Waals surface area contributed by atoms with Gasteiger partial charge in [0.25, 0.3) is 11.8 Å². The third-order valence-corrected chi connectivity index (χ3v) is 4.50. The molecule has 1 N–H and O–H groups in total. The van der Waals surface area contributed by atoms with Crippen LogP contribution in [0.2, 0.25) is 0 Å². The second-order valence-corrected chi connectivity index (χ2v) is 6.98. The molecule has 0 spiro atoms. The van der Waals surface area contributed by atoms with Gasteiger partial charge in [0.05, 0.1) is 7.11 Å². The molecule has 1 atom stereocenters.